The van der Waals surface area contributed by atoms with Gasteiger partial charge in [0.1, 0.15) is 0 Å². The van der Waals surface area contributed by atoms with Crippen LogP contribution in [-0.2, 0) is 31.0 Å². The molecule has 0 radical (unpaired) electrons. The fraction of sp³-hybridized carbons (Fsp3) is 0.684. The Labute approximate surface area is 168 Å². The first-order valence-electron chi connectivity index (χ1n) is 9.93. The van der Waals surface area contributed by atoms with Gasteiger partial charge >= 0.3 is 0 Å². The highest BCUT2D eigenvalue weighted by Gasteiger charge is 2.38. The van der Waals surface area contributed by atoms with Gasteiger partial charge in [-0.05, 0) is 43.5 Å². The number of rotatable bonds is 8. The molecule has 3 rings (SSSR count). The van der Waals surface area contributed by atoms with Crippen LogP contribution in [-0.4, -0.2) is 83.0 Å². The van der Waals surface area contributed by atoms with E-state index in [-0.39, 0.29) is 16.4 Å². The van der Waals surface area contributed by atoms with Crippen molar-refractivity contribution in [3.63, 3.8) is 0 Å². The van der Waals surface area contributed by atoms with Gasteiger partial charge in [-0.25, -0.2) is 16.8 Å². The van der Waals surface area contributed by atoms with E-state index in [9.17, 15) is 16.8 Å². The number of morpholine rings is 1. The molecule has 0 aromatic heterocycles. The molecule has 28 heavy (non-hydrogen) atoms. The minimum Gasteiger partial charge on any atom is -0.379 e. The Morgan fingerprint density at radius 1 is 1.18 bits per heavy atom. The van der Waals surface area contributed by atoms with Gasteiger partial charge in [0.2, 0.25) is 10.0 Å². The molecule has 158 valence electrons. The summed E-state index contributed by atoms with van der Waals surface area (Å²) in [6.07, 6.45) is 1.87. The highest BCUT2D eigenvalue weighted by Crippen LogP contribution is 2.25. The maximum Gasteiger partial charge on any atom is 0.243 e. The lowest BCUT2D eigenvalue weighted by Crippen LogP contribution is -2.43. The quantitative estimate of drug-likeness (QED) is 0.615. The van der Waals surface area contributed by atoms with Crippen LogP contribution in [0.25, 0.3) is 0 Å². The molecule has 0 unspecified atom stereocenters. The molecule has 9 heteroatoms. The maximum absolute atomic E-state index is 13.3. The van der Waals surface area contributed by atoms with E-state index in [4.69, 9.17) is 4.74 Å². The predicted octanol–water partition coefficient (Wildman–Crippen LogP) is 1.15. The Morgan fingerprint density at radius 3 is 2.43 bits per heavy atom. The molecule has 0 N–H and O–H groups in total. The van der Waals surface area contributed by atoms with Crippen molar-refractivity contribution in [2.24, 2.45) is 0 Å². The number of hydrogen-bond acceptors (Lipinski definition) is 6. The topological polar surface area (TPSA) is 84.0 Å². The Bertz CT molecular complexity index is 847. The van der Waals surface area contributed by atoms with Crippen molar-refractivity contribution < 1.29 is 21.6 Å². The van der Waals surface area contributed by atoms with Crippen LogP contribution >= 0.6 is 0 Å². The summed E-state index contributed by atoms with van der Waals surface area (Å²) < 4.78 is 57.3. The standard InChI is InChI=1S/C19H30N2O5S2/c1-2-17-4-6-19(7-5-17)28(24,25)21(18-8-15-27(22,23)16-18)10-3-9-20-11-13-26-14-12-20/h4-7,18H,2-3,8-16H2,1H3/t18-/m1/s1. The van der Waals surface area contributed by atoms with Crippen LogP contribution in [0.4, 0.5) is 0 Å². The molecule has 2 aliphatic rings. The van der Waals surface area contributed by atoms with Gasteiger partial charge in [-0.2, -0.15) is 4.31 Å². The van der Waals surface area contributed by atoms with Gasteiger partial charge in [-0.15, -0.1) is 0 Å². The molecule has 1 aromatic carbocycles. The van der Waals surface area contributed by atoms with E-state index in [1.807, 2.05) is 19.1 Å². The SMILES string of the molecule is CCc1ccc(S(=O)(=O)N(CCCN2CCOCC2)[C@@H]2CCS(=O)(=O)C2)cc1. The minimum absolute atomic E-state index is 0.0575. The van der Waals surface area contributed by atoms with Crippen molar-refractivity contribution >= 4 is 19.9 Å². The molecule has 1 aromatic rings. The lowest BCUT2D eigenvalue weighted by atomic mass is 10.2. The van der Waals surface area contributed by atoms with Gasteiger partial charge in [0.05, 0.1) is 29.6 Å². The Kier molecular flexibility index (Phi) is 7.14. The lowest BCUT2D eigenvalue weighted by molar-refractivity contribution is 0.0367. The molecule has 2 fully saturated rings. The zero-order valence-electron chi connectivity index (χ0n) is 16.4. The van der Waals surface area contributed by atoms with E-state index < -0.39 is 25.9 Å². The van der Waals surface area contributed by atoms with E-state index in [1.165, 1.54) is 4.31 Å². The summed E-state index contributed by atoms with van der Waals surface area (Å²) in [7, 11) is -6.91. The van der Waals surface area contributed by atoms with E-state index in [2.05, 4.69) is 4.90 Å². The molecule has 0 bridgehead atoms. The highest BCUT2D eigenvalue weighted by molar-refractivity contribution is 7.92. The summed E-state index contributed by atoms with van der Waals surface area (Å²) in [6, 6.07) is 6.43. The largest absolute Gasteiger partial charge is 0.379 e. The van der Waals surface area contributed by atoms with Crippen LogP contribution in [0, 0.1) is 0 Å². The maximum atomic E-state index is 13.3. The molecule has 2 heterocycles. The van der Waals surface area contributed by atoms with Crippen LogP contribution in [0.15, 0.2) is 29.2 Å². The first kappa shape index (κ1) is 21.7. The first-order chi connectivity index (χ1) is 13.3. The highest BCUT2D eigenvalue weighted by atomic mass is 32.2. The van der Waals surface area contributed by atoms with E-state index >= 15 is 0 Å². The van der Waals surface area contributed by atoms with Crippen molar-refractivity contribution in [1.29, 1.82) is 0 Å². The number of sulfonamides is 1. The Balaban J connectivity index is 1.76. The van der Waals surface area contributed by atoms with Crippen LogP contribution in [0.2, 0.25) is 0 Å². The normalized spacial score (nSPS) is 23.3. The number of aryl methyl sites for hydroxylation is 1. The smallest absolute Gasteiger partial charge is 0.243 e. The Hall–Kier alpha value is -1.00. The minimum atomic E-state index is -3.74. The molecule has 0 amide bonds. The van der Waals surface area contributed by atoms with Gasteiger partial charge in [-0.3, -0.25) is 4.90 Å². The fourth-order valence-corrected chi connectivity index (χ4v) is 7.33. The average molecular weight is 431 g/mol. The molecule has 2 saturated heterocycles. The fourth-order valence-electron chi connectivity index (χ4n) is 3.81. The van der Waals surface area contributed by atoms with E-state index in [1.54, 1.807) is 12.1 Å². The second-order valence-electron chi connectivity index (χ2n) is 7.48. The summed E-state index contributed by atoms with van der Waals surface area (Å²) in [6.45, 7) is 6.23. The van der Waals surface area contributed by atoms with Crippen LogP contribution in [0.5, 0.6) is 0 Å². The molecular formula is C19H30N2O5S2. The monoisotopic (exact) mass is 430 g/mol. The molecular weight excluding hydrogens is 400 g/mol. The van der Waals surface area contributed by atoms with Crippen molar-refractivity contribution in [3.8, 4) is 0 Å². The molecule has 0 saturated carbocycles. The van der Waals surface area contributed by atoms with Crippen LogP contribution < -0.4 is 0 Å². The van der Waals surface area contributed by atoms with Crippen molar-refractivity contribution in [3.05, 3.63) is 29.8 Å². The van der Waals surface area contributed by atoms with E-state index in [0.29, 0.717) is 32.6 Å². The summed E-state index contributed by atoms with van der Waals surface area (Å²) >= 11 is 0. The van der Waals surface area contributed by atoms with Gasteiger partial charge in [0, 0.05) is 25.7 Å². The van der Waals surface area contributed by atoms with Gasteiger partial charge < -0.3 is 4.74 Å². The number of sulfone groups is 1. The van der Waals surface area contributed by atoms with Crippen LogP contribution in [0.3, 0.4) is 0 Å². The summed E-state index contributed by atoms with van der Waals surface area (Å²) in [5.41, 5.74) is 1.07. The third-order valence-corrected chi connectivity index (χ3v) is 9.23. The summed E-state index contributed by atoms with van der Waals surface area (Å²) in [4.78, 5) is 2.50. The number of ether oxygens (including phenoxy) is 1. The van der Waals surface area contributed by atoms with E-state index in [0.717, 1.165) is 31.6 Å². The number of hydrogen-bond donors (Lipinski definition) is 0. The summed E-state index contributed by atoms with van der Waals surface area (Å²) in [5, 5.41) is 0. The van der Waals surface area contributed by atoms with Gasteiger partial charge in [0.25, 0.3) is 0 Å². The second-order valence-corrected chi connectivity index (χ2v) is 11.6. The molecule has 0 spiro atoms. The Morgan fingerprint density at radius 2 is 1.86 bits per heavy atom. The molecule has 0 aliphatic carbocycles. The zero-order chi connectivity index (χ0) is 20.2. The number of nitrogens with zero attached hydrogens (tertiary/aromatic N) is 2. The van der Waals surface area contributed by atoms with Crippen molar-refractivity contribution in [2.45, 2.75) is 37.1 Å². The molecule has 2 aliphatic heterocycles. The third kappa shape index (κ3) is 5.33. The van der Waals surface area contributed by atoms with Gasteiger partial charge in [0.15, 0.2) is 9.84 Å². The van der Waals surface area contributed by atoms with Crippen molar-refractivity contribution in [2.75, 3.05) is 50.9 Å². The molecule has 1 atom stereocenters. The predicted molar refractivity (Wildman–Crippen MR) is 109 cm³/mol. The van der Waals surface area contributed by atoms with Crippen LogP contribution in [0.1, 0.15) is 25.3 Å². The van der Waals surface area contributed by atoms with Crippen molar-refractivity contribution in [1.82, 2.24) is 9.21 Å². The second kappa shape index (κ2) is 9.21. The summed E-state index contributed by atoms with van der Waals surface area (Å²) in [5.74, 6) is -0.0290. The average Bonchev–Trinajstić information content (AvgIpc) is 3.05. The molecule has 7 nitrogen and oxygen atoms in total. The zero-order valence-corrected chi connectivity index (χ0v) is 18.1. The van der Waals surface area contributed by atoms with Gasteiger partial charge in [-0.1, -0.05) is 19.1 Å². The first-order valence-corrected chi connectivity index (χ1v) is 13.2. The number of benzene rings is 1. The lowest BCUT2D eigenvalue weighted by Gasteiger charge is -2.30. The third-order valence-electron chi connectivity index (χ3n) is 5.51.